The van der Waals surface area contributed by atoms with Crippen LogP contribution in [0.3, 0.4) is 0 Å². The number of halogens is 1. The van der Waals surface area contributed by atoms with Crippen LogP contribution in [0.25, 0.3) is 0 Å². The molecule has 1 aliphatic heterocycles. The first-order chi connectivity index (χ1) is 11.4. The summed E-state index contributed by atoms with van der Waals surface area (Å²) in [5, 5.41) is 9.41. The number of hydrogen-bond acceptors (Lipinski definition) is 6. The van der Waals surface area contributed by atoms with Gasteiger partial charge in [0.05, 0.1) is 5.75 Å². The molecule has 1 saturated heterocycles. The first kappa shape index (κ1) is 17.3. The number of carboxylic acids is 1. The molecule has 7 nitrogen and oxygen atoms in total. The average Bonchev–Trinajstić information content (AvgIpc) is 3.36. The third-order valence-corrected chi connectivity index (χ3v) is 5.17. The molecule has 3 rings (SSSR count). The standard InChI is InChI=1S/C15H19ClN4O3S/c1-9-7-19(4-5-20(9)14(23)10-2-3-10)12-6-11(16)17-15(18-12)24-8-13(21)22/h6,9-10H,2-5,7-8H2,1H3,(H,21,22). The fourth-order valence-electron chi connectivity index (χ4n) is 2.80. The largest absolute Gasteiger partial charge is 0.481 e. The second kappa shape index (κ2) is 7.14. The van der Waals surface area contributed by atoms with Crippen LogP contribution in [0.5, 0.6) is 0 Å². The van der Waals surface area contributed by atoms with Gasteiger partial charge in [-0.3, -0.25) is 9.59 Å². The van der Waals surface area contributed by atoms with Gasteiger partial charge < -0.3 is 14.9 Å². The summed E-state index contributed by atoms with van der Waals surface area (Å²) in [4.78, 5) is 35.5. The Hall–Kier alpha value is -1.54. The number of hydrogen-bond donors (Lipinski definition) is 1. The molecule has 2 fully saturated rings. The number of rotatable bonds is 5. The highest BCUT2D eigenvalue weighted by Gasteiger charge is 2.37. The zero-order chi connectivity index (χ0) is 17.3. The number of aromatic nitrogens is 2. The molecule has 1 aromatic rings. The van der Waals surface area contributed by atoms with Gasteiger partial charge in [-0.2, -0.15) is 0 Å². The van der Waals surface area contributed by atoms with Crippen LogP contribution in [-0.4, -0.2) is 63.3 Å². The highest BCUT2D eigenvalue weighted by molar-refractivity contribution is 7.99. The van der Waals surface area contributed by atoms with E-state index in [-0.39, 0.29) is 28.8 Å². The fraction of sp³-hybridized carbons (Fsp3) is 0.600. The Balaban J connectivity index is 1.68. The van der Waals surface area contributed by atoms with Crippen molar-refractivity contribution in [1.29, 1.82) is 0 Å². The Labute approximate surface area is 149 Å². The monoisotopic (exact) mass is 370 g/mol. The van der Waals surface area contributed by atoms with Gasteiger partial charge in [-0.1, -0.05) is 23.4 Å². The van der Waals surface area contributed by atoms with Gasteiger partial charge in [-0.05, 0) is 19.8 Å². The predicted molar refractivity (Wildman–Crippen MR) is 91.5 cm³/mol. The van der Waals surface area contributed by atoms with Crippen LogP contribution in [0.15, 0.2) is 11.2 Å². The van der Waals surface area contributed by atoms with Crippen LogP contribution in [0.2, 0.25) is 5.15 Å². The SMILES string of the molecule is CC1CN(c2cc(Cl)nc(SCC(=O)O)n2)CCN1C(=O)C1CC1. The highest BCUT2D eigenvalue weighted by Crippen LogP contribution is 2.32. The van der Waals surface area contributed by atoms with Crippen molar-refractivity contribution in [1.82, 2.24) is 14.9 Å². The van der Waals surface area contributed by atoms with Crippen molar-refractivity contribution < 1.29 is 14.7 Å². The average molecular weight is 371 g/mol. The van der Waals surface area contributed by atoms with Crippen LogP contribution in [0.4, 0.5) is 5.82 Å². The summed E-state index contributed by atoms with van der Waals surface area (Å²) < 4.78 is 0. The summed E-state index contributed by atoms with van der Waals surface area (Å²) in [5.74, 6) is 0.131. The molecule has 0 spiro atoms. The molecule has 2 heterocycles. The van der Waals surface area contributed by atoms with Crippen LogP contribution in [0, 0.1) is 5.92 Å². The number of carbonyl (C=O) groups is 2. The quantitative estimate of drug-likeness (QED) is 0.480. The predicted octanol–water partition coefficient (Wildman–Crippen LogP) is 1.75. The highest BCUT2D eigenvalue weighted by atomic mass is 35.5. The second-order valence-electron chi connectivity index (χ2n) is 6.11. The van der Waals surface area contributed by atoms with E-state index in [0.717, 1.165) is 24.6 Å². The summed E-state index contributed by atoms with van der Waals surface area (Å²) in [5.41, 5.74) is 0. The number of aliphatic carboxylic acids is 1. The van der Waals surface area contributed by atoms with Crippen LogP contribution in [-0.2, 0) is 9.59 Å². The molecule has 1 aromatic heterocycles. The van der Waals surface area contributed by atoms with Gasteiger partial charge in [-0.25, -0.2) is 9.97 Å². The minimum absolute atomic E-state index is 0.107. The van der Waals surface area contributed by atoms with E-state index in [4.69, 9.17) is 16.7 Å². The Morgan fingerprint density at radius 1 is 1.38 bits per heavy atom. The summed E-state index contributed by atoms with van der Waals surface area (Å²) in [6.07, 6.45) is 2.02. The lowest BCUT2D eigenvalue weighted by Crippen LogP contribution is -2.54. The molecule has 24 heavy (non-hydrogen) atoms. The van der Waals surface area contributed by atoms with Gasteiger partial charge in [0.25, 0.3) is 0 Å². The molecule has 0 radical (unpaired) electrons. The minimum atomic E-state index is -0.925. The molecular formula is C15H19ClN4O3S. The van der Waals surface area contributed by atoms with E-state index in [1.807, 2.05) is 11.8 Å². The van der Waals surface area contributed by atoms with Gasteiger partial charge in [0.15, 0.2) is 5.16 Å². The summed E-state index contributed by atoms with van der Waals surface area (Å²) in [7, 11) is 0. The van der Waals surface area contributed by atoms with Crippen molar-refractivity contribution >= 4 is 41.1 Å². The van der Waals surface area contributed by atoms with Crippen molar-refractivity contribution in [3.8, 4) is 0 Å². The lowest BCUT2D eigenvalue weighted by Gasteiger charge is -2.40. The number of amides is 1. The molecule has 130 valence electrons. The fourth-order valence-corrected chi connectivity index (χ4v) is 3.60. The smallest absolute Gasteiger partial charge is 0.313 e. The normalized spacial score (nSPS) is 21.0. The van der Waals surface area contributed by atoms with Gasteiger partial charge in [0.1, 0.15) is 11.0 Å². The number of thioether (sulfide) groups is 1. The molecule has 9 heteroatoms. The lowest BCUT2D eigenvalue weighted by molar-refractivity contribution is -0.135. The van der Waals surface area contributed by atoms with Crippen LogP contribution < -0.4 is 4.90 Å². The third-order valence-electron chi connectivity index (χ3n) is 4.15. The summed E-state index contributed by atoms with van der Waals surface area (Å²) in [6.45, 7) is 4.05. The molecule has 0 aromatic carbocycles. The second-order valence-corrected chi connectivity index (χ2v) is 7.44. The van der Waals surface area contributed by atoms with Crippen molar-refractivity contribution in [3.05, 3.63) is 11.2 Å². The number of carboxylic acid groups (broad SMARTS) is 1. The van der Waals surface area contributed by atoms with E-state index in [1.54, 1.807) is 6.07 Å². The Morgan fingerprint density at radius 3 is 2.75 bits per heavy atom. The number of anilines is 1. The molecule has 1 N–H and O–H groups in total. The van der Waals surface area contributed by atoms with Crippen molar-refractivity contribution in [3.63, 3.8) is 0 Å². The van der Waals surface area contributed by atoms with Gasteiger partial charge >= 0.3 is 5.97 Å². The van der Waals surface area contributed by atoms with Gasteiger partial charge in [-0.15, -0.1) is 0 Å². The number of carbonyl (C=O) groups excluding carboxylic acids is 1. The van der Waals surface area contributed by atoms with E-state index >= 15 is 0 Å². The third kappa shape index (κ3) is 4.10. The molecule has 1 aliphatic carbocycles. The maximum Gasteiger partial charge on any atom is 0.313 e. The van der Waals surface area contributed by atoms with Crippen LogP contribution >= 0.6 is 23.4 Å². The molecular weight excluding hydrogens is 352 g/mol. The van der Waals surface area contributed by atoms with E-state index in [0.29, 0.717) is 30.6 Å². The van der Waals surface area contributed by atoms with Gasteiger partial charge in [0, 0.05) is 37.7 Å². The summed E-state index contributed by atoms with van der Waals surface area (Å²) in [6, 6.07) is 1.79. The van der Waals surface area contributed by atoms with Crippen molar-refractivity contribution in [2.75, 3.05) is 30.3 Å². The molecule has 1 atom stereocenters. The number of piperazine rings is 1. The number of nitrogens with zero attached hydrogens (tertiary/aromatic N) is 4. The first-order valence-corrected chi connectivity index (χ1v) is 9.25. The van der Waals surface area contributed by atoms with Gasteiger partial charge in [0.2, 0.25) is 5.91 Å². The van der Waals surface area contributed by atoms with E-state index in [2.05, 4.69) is 14.9 Å². The molecule has 0 bridgehead atoms. The Bertz CT molecular complexity index is 656. The molecule has 1 amide bonds. The molecule has 2 aliphatic rings. The first-order valence-electron chi connectivity index (χ1n) is 7.88. The molecule has 1 unspecified atom stereocenters. The van der Waals surface area contributed by atoms with Crippen LogP contribution in [0.1, 0.15) is 19.8 Å². The lowest BCUT2D eigenvalue weighted by atomic mass is 10.1. The Morgan fingerprint density at radius 2 is 2.12 bits per heavy atom. The minimum Gasteiger partial charge on any atom is -0.481 e. The topological polar surface area (TPSA) is 86.6 Å². The van der Waals surface area contributed by atoms with E-state index < -0.39 is 5.97 Å². The Kier molecular flexibility index (Phi) is 5.15. The molecule has 1 saturated carbocycles. The zero-order valence-electron chi connectivity index (χ0n) is 13.3. The van der Waals surface area contributed by atoms with Crippen molar-refractivity contribution in [2.45, 2.75) is 31.0 Å². The van der Waals surface area contributed by atoms with Crippen molar-refractivity contribution in [2.24, 2.45) is 5.92 Å². The summed E-state index contributed by atoms with van der Waals surface area (Å²) >= 11 is 7.09. The van der Waals surface area contributed by atoms with E-state index in [9.17, 15) is 9.59 Å². The van der Waals surface area contributed by atoms with E-state index in [1.165, 1.54) is 0 Å². The zero-order valence-corrected chi connectivity index (χ0v) is 14.9. The maximum absolute atomic E-state index is 12.3. The maximum atomic E-state index is 12.3.